The van der Waals surface area contributed by atoms with Crippen molar-refractivity contribution in [1.29, 1.82) is 0 Å². The summed E-state index contributed by atoms with van der Waals surface area (Å²) < 4.78 is 24.1. The SMILES string of the molecule is COc1ccc(NC(=O)C2CC(=O)N(c3ccc4oc(C)nc4c3)C2)cc1F. The number of hydrogen-bond acceptors (Lipinski definition) is 5. The normalized spacial score (nSPS) is 16.6. The molecule has 1 atom stereocenters. The quantitative estimate of drug-likeness (QED) is 0.747. The maximum absolute atomic E-state index is 13.8. The number of ether oxygens (including phenoxy) is 1. The van der Waals surface area contributed by atoms with Crippen LogP contribution >= 0.6 is 0 Å². The number of methoxy groups -OCH3 is 1. The average Bonchev–Trinajstić information content (AvgIpc) is 3.23. The summed E-state index contributed by atoms with van der Waals surface area (Å²) in [6.45, 7) is 1.99. The highest BCUT2D eigenvalue weighted by molar-refractivity contribution is 6.04. The minimum atomic E-state index is -0.569. The van der Waals surface area contributed by atoms with Gasteiger partial charge in [-0.2, -0.15) is 0 Å². The standard InChI is InChI=1S/C20H18FN3O4/c1-11-22-16-9-14(4-6-18(16)28-11)24-10-12(7-19(24)25)20(26)23-13-3-5-17(27-2)15(21)8-13/h3-6,8-9,12H,7,10H2,1-2H3,(H,23,26). The molecule has 1 aromatic heterocycles. The molecular formula is C20H18FN3O4. The maximum atomic E-state index is 13.8. The number of carbonyl (C=O) groups excluding carboxylic acids is 2. The first kappa shape index (κ1) is 18.0. The highest BCUT2D eigenvalue weighted by Crippen LogP contribution is 2.29. The molecule has 28 heavy (non-hydrogen) atoms. The highest BCUT2D eigenvalue weighted by Gasteiger charge is 2.35. The third-order valence-corrected chi connectivity index (χ3v) is 4.70. The Morgan fingerprint density at radius 2 is 2.14 bits per heavy atom. The molecule has 1 aliphatic heterocycles. The van der Waals surface area contributed by atoms with Crippen LogP contribution in [-0.2, 0) is 9.59 Å². The lowest BCUT2D eigenvalue weighted by Gasteiger charge is -2.16. The fourth-order valence-electron chi connectivity index (χ4n) is 3.32. The minimum Gasteiger partial charge on any atom is -0.494 e. The Kier molecular flexibility index (Phi) is 4.46. The van der Waals surface area contributed by atoms with Gasteiger partial charge < -0.3 is 19.4 Å². The van der Waals surface area contributed by atoms with Gasteiger partial charge in [-0.05, 0) is 30.3 Å². The van der Waals surface area contributed by atoms with E-state index in [2.05, 4.69) is 10.3 Å². The van der Waals surface area contributed by atoms with Gasteiger partial charge in [0.1, 0.15) is 5.52 Å². The van der Waals surface area contributed by atoms with Crippen LogP contribution in [0.25, 0.3) is 11.1 Å². The molecule has 0 spiro atoms. The van der Waals surface area contributed by atoms with Gasteiger partial charge in [-0.3, -0.25) is 9.59 Å². The summed E-state index contributed by atoms with van der Waals surface area (Å²) in [7, 11) is 1.37. The van der Waals surface area contributed by atoms with Crippen LogP contribution in [0.2, 0.25) is 0 Å². The summed E-state index contributed by atoms with van der Waals surface area (Å²) in [5.41, 5.74) is 2.28. The number of oxazole rings is 1. The first-order chi connectivity index (χ1) is 13.4. The van der Waals surface area contributed by atoms with Gasteiger partial charge in [0.05, 0.1) is 13.0 Å². The van der Waals surface area contributed by atoms with Crippen LogP contribution in [0, 0.1) is 18.7 Å². The molecule has 1 saturated heterocycles. The number of amides is 2. The first-order valence-electron chi connectivity index (χ1n) is 8.76. The average molecular weight is 383 g/mol. The summed E-state index contributed by atoms with van der Waals surface area (Å²) in [4.78, 5) is 30.8. The molecule has 2 heterocycles. The lowest BCUT2D eigenvalue weighted by atomic mass is 10.1. The number of aromatic nitrogens is 1. The van der Waals surface area contributed by atoms with Gasteiger partial charge in [0.15, 0.2) is 23.0 Å². The Hall–Kier alpha value is -3.42. The number of halogens is 1. The van der Waals surface area contributed by atoms with E-state index in [-0.39, 0.29) is 30.5 Å². The van der Waals surface area contributed by atoms with E-state index >= 15 is 0 Å². The summed E-state index contributed by atoms with van der Waals surface area (Å²) in [5, 5.41) is 2.66. The van der Waals surface area contributed by atoms with Gasteiger partial charge in [0.25, 0.3) is 0 Å². The van der Waals surface area contributed by atoms with Crippen molar-refractivity contribution in [3.8, 4) is 5.75 Å². The van der Waals surface area contributed by atoms with Gasteiger partial charge in [-0.15, -0.1) is 0 Å². The first-order valence-corrected chi connectivity index (χ1v) is 8.76. The Bertz CT molecular complexity index is 1080. The summed E-state index contributed by atoms with van der Waals surface area (Å²) in [6, 6.07) is 9.46. The second-order valence-corrected chi connectivity index (χ2v) is 6.63. The zero-order valence-corrected chi connectivity index (χ0v) is 15.4. The van der Waals surface area contributed by atoms with Crippen molar-refractivity contribution < 1.29 is 23.1 Å². The third-order valence-electron chi connectivity index (χ3n) is 4.70. The van der Waals surface area contributed by atoms with E-state index in [1.807, 2.05) is 0 Å². The van der Waals surface area contributed by atoms with Crippen molar-refractivity contribution in [2.75, 3.05) is 23.9 Å². The van der Waals surface area contributed by atoms with E-state index in [0.29, 0.717) is 28.4 Å². The Labute approximate surface area is 160 Å². The second-order valence-electron chi connectivity index (χ2n) is 6.63. The lowest BCUT2D eigenvalue weighted by molar-refractivity contribution is -0.122. The van der Waals surface area contributed by atoms with Crippen molar-refractivity contribution in [1.82, 2.24) is 4.98 Å². The molecule has 1 fully saturated rings. The monoisotopic (exact) mass is 383 g/mol. The van der Waals surface area contributed by atoms with Gasteiger partial charge in [-0.1, -0.05) is 0 Å². The minimum absolute atomic E-state index is 0.0837. The third kappa shape index (κ3) is 3.28. The largest absolute Gasteiger partial charge is 0.494 e. The number of carbonyl (C=O) groups is 2. The number of rotatable bonds is 4. The van der Waals surface area contributed by atoms with Crippen LogP contribution < -0.4 is 15.0 Å². The molecule has 7 nitrogen and oxygen atoms in total. The number of aryl methyl sites for hydroxylation is 1. The number of hydrogen-bond donors (Lipinski definition) is 1. The molecule has 0 saturated carbocycles. The fraction of sp³-hybridized carbons (Fsp3) is 0.250. The van der Waals surface area contributed by atoms with E-state index in [1.165, 1.54) is 19.2 Å². The summed E-state index contributed by atoms with van der Waals surface area (Å²) in [5.74, 6) is -0.949. The predicted molar refractivity (Wildman–Crippen MR) is 101 cm³/mol. The van der Waals surface area contributed by atoms with Gasteiger partial charge in [-0.25, -0.2) is 9.37 Å². The highest BCUT2D eigenvalue weighted by atomic mass is 19.1. The Morgan fingerprint density at radius 3 is 2.89 bits per heavy atom. The van der Waals surface area contributed by atoms with E-state index in [1.54, 1.807) is 36.1 Å². The number of anilines is 2. The zero-order valence-electron chi connectivity index (χ0n) is 15.4. The second kappa shape index (κ2) is 6.95. The molecule has 0 aliphatic carbocycles. The molecule has 1 aliphatic rings. The van der Waals surface area contributed by atoms with E-state index in [0.717, 1.165) is 0 Å². The Morgan fingerprint density at radius 1 is 1.32 bits per heavy atom. The number of fused-ring (bicyclic) bond motifs is 1. The van der Waals surface area contributed by atoms with Gasteiger partial charge in [0, 0.05) is 37.3 Å². The molecule has 1 unspecified atom stereocenters. The molecule has 1 N–H and O–H groups in total. The number of benzene rings is 2. The fourth-order valence-corrected chi connectivity index (χ4v) is 3.32. The summed E-state index contributed by atoms with van der Waals surface area (Å²) in [6.07, 6.45) is 0.0837. The topological polar surface area (TPSA) is 84.7 Å². The van der Waals surface area contributed by atoms with Gasteiger partial charge in [0.2, 0.25) is 11.8 Å². The number of nitrogens with one attached hydrogen (secondary N) is 1. The van der Waals surface area contributed by atoms with Crippen LogP contribution in [0.15, 0.2) is 40.8 Å². The lowest BCUT2D eigenvalue weighted by Crippen LogP contribution is -2.28. The molecule has 8 heteroatoms. The zero-order chi connectivity index (χ0) is 19.8. The van der Waals surface area contributed by atoms with E-state index in [4.69, 9.17) is 9.15 Å². The summed E-state index contributed by atoms with van der Waals surface area (Å²) >= 11 is 0. The van der Waals surface area contributed by atoms with Crippen molar-refractivity contribution in [2.24, 2.45) is 5.92 Å². The number of nitrogens with zero attached hydrogens (tertiary/aromatic N) is 2. The smallest absolute Gasteiger partial charge is 0.229 e. The molecule has 144 valence electrons. The van der Waals surface area contributed by atoms with Crippen LogP contribution in [-0.4, -0.2) is 30.5 Å². The van der Waals surface area contributed by atoms with Crippen LogP contribution in [0.1, 0.15) is 12.3 Å². The molecule has 0 radical (unpaired) electrons. The van der Waals surface area contributed by atoms with Crippen molar-refractivity contribution >= 4 is 34.3 Å². The van der Waals surface area contributed by atoms with Crippen LogP contribution in [0.5, 0.6) is 5.75 Å². The molecule has 4 rings (SSSR count). The maximum Gasteiger partial charge on any atom is 0.229 e. The molecule has 2 amide bonds. The van der Waals surface area contributed by atoms with Crippen molar-refractivity contribution in [2.45, 2.75) is 13.3 Å². The predicted octanol–water partition coefficient (Wildman–Crippen LogP) is 3.28. The van der Waals surface area contributed by atoms with Gasteiger partial charge >= 0.3 is 0 Å². The molecular weight excluding hydrogens is 365 g/mol. The molecule has 2 aromatic carbocycles. The molecule has 0 bridgehead atoms. The Balaban J connectivity index is 1.48. The molecule has 3 aromatic rings. The van der Waals surface area contributed by atoms with E-state index in [9.17, 15) is 14.0 Å². The van der Waals surface area contributed by atoms with Crippen molar-refractivity contribution in [3.63, 3.8) is 0 Å². The van der Waals surface area contributed by atoms with Crippen molar-refractivity contribution in [3.05, 3.63) is 48.1 Å². The van der Waals surface area contributed by atoms with E-state index < -0.39 is 11.7 Å². The van der Waals surface area contributed by atoms with Crippen LogP contribution in [0.3, 0.4) is 0 Å². The van der Waals surface area contributed by atoms with Crippen LogP contribution in [0.4, 0.5) is 15.8 Å².